The average molecular weight is 418 g/mol. The molecule has 4 nitrogen and oxygen atoms in total. The number of aromatic nitrogens is 3. The summed E-state index contributed by atoms with van der Waals surface area (Å²) in [6, 6.07) is 8.60. The zero-order chi connectivity index (χ0) is 17.8. The summed E-state index contributed by atoms with van der Waals surface area (Å²) in [5.74, 6) is 1.90. The van der Waals surface area contributed by atoms with Crippen LogP contribution in [-0.2, 0) is 0 Å². The Hall–Kier alpha value is -1.35. The molecule has 0 amide bonds. The number of aryl methyl sites for hydroxylation is 2. The zero-order valence-electron chi connectivity index (χ0n) is 14.2. The maximum absolute atomic E-state index is 12.4. The summed E-state index contributed by atoms with van der Waals surface area (Å²) >= 11 is 6.95. The standard InChI is InChI=1S/C18H15N3OS4/c1-9-10(2)25-16-14(9)15(22)20-17-21(16)11(7-23-17)8-24-18-19-12-5-3-4-6-13(12)26-18/h3-6,11H,7-8H2,1-2H3/t11-/m0/s1. The average Bonchev–Trinajstić information content (AvgIpc) is 3.29. The summed E-state index contributed by atoms with van der Waals surface area (Å²) in [4.78, 5) is 23.8. The number of thioether (sulfide) groups is 2. The molecule has 0 aliphatic carbocycles. The number of thiazole rings is 1. The summed E-state index contributed by atoms with van der Waals surface area (Å²) in [6.45, 7) is 4.11. The predicted octanol–water partition coefficient (Wildman–Crippen LogP) is 5.12. The van der Waals surface area contributed by atoms with Crippen molar-refractivity contribution in [2.24, 2.45) is 0 Å². The molecule has 0 N–H and O–H groups in total. The van der Waals surface area contributed by atoms with Crippen molar-refractivity contribution in [3.05, 3.63) is 45.1 Å². The van der Waals surface area contributed by atoms with E-state index in [9.17, 15) is 4.79 Å². The van der Waals surface area contributed by atoms with E-state index in [-0.39, 0.29) is 5.56 Å². The number of rotatable bonds is 3. The van der Waals surface area contributed by atoms with E-state index in [2.05, 4.69) is 34.7 Å². The molecule has 0 unspecified atom stereocenters. The molecule has 1 aliphatic rings. The van der Waals surface area contributed by atoms with Crippen molar-refractivity contribution in [2.75, 3.05) is 11.5 Å². The summed E-state index contributed by atoms with van der Waals surface area (Å²) < 4.78 is 4.62. The van der Waals surface area contributed by atoms with E-state index in [1.165, 1.54) is 9.58 Å². The summed E-state index contributed by atoms with van der Waals surface area (Å²) in [5.41, 5.74) is 2.06. The van der Waals surface area contributed by atoms with Crippen molar-refractivity contribution in [1.82, 2.24) is 14.5 Å². The molecule has 0 bridgehead atoms. The van der Waals surface area contributed by atoms with Gasteiger partial charge in [-0.25, -0.2) is 4.98 Å². The van der Waals surface area contributed by atoms with Crippen molar-refractivity contribution in [3.8, 4) is 0 Å². The molecule has 5 rings (SSSR count). The molecule has 4 aromatic rings. The van der Waals surface area contributed by atoms with Crippen LogP contribution < -0.4 is 5.56 Å². The van der Waals surface area contributed by atoms with Crippen LogP contribution in [0.3, 0.4) is 0 Å². The van der Waals surface area contributed by atoms with Crippen LogP contribution in [0, 0.1) is 13.8 Å². The second-order valence-electron chi connectivity index (χ2n) is 6.26. The molecule has 1 atom stereocenters. The third kappa shape index (κ3) is 2.62. The SMILES string of the molecule is Cc1sc2c(c1C)c(=O)nc1n2[C@H](CSc2nc3ccccc3s2)CS1. The van der Waals surface area contributed by atoms with Gasteiger partial charge in [0.2, 0.25) is 0 Å². The predicted molar refractivity (Wildman–Crippen MR) is 113 cm³/mol. The number of hydrogen-bond acceptors (Lipinski definition) is 7. The largest absolute Gasteiger partial charge is 0.307 e. The van der Waals surface area contributed by atoms with Crippen LogP contribution in [0.1, 0.15) is 16.5 Å². The number of hydrogen-bond donors (Lipinski definition) is 0. The fourth-order valence-electron chi connectivity index (χ4n) is 3.19. The quantitative estimate of drug-likeness (QED) is 0.342. The fraction of sp³-hybridized carbons (Fsp3) is 0.278. The molecule has 26 heavy (non-hydrogen) atoms. The molecule has 0 spiro atoms. The highest BCUT2D eigenvalue weighted by molar-refractivity contribution is 8.01. The molecule has 8 heteroatoms. The first-order valence-electron chi connectivity index (χ1n) is 8.25. The fourth-order valence-corrected chi connectivity index (χ4v) is 7.92. The lowest BCUT2D eigenvalue weighted by Gasteiger charge is -2.13. The van der Waals surface area contributed by atoms with Gasteiger partial charge in [0, 0.05) is 16.4 Å². The Labute approximate surface area is 166 Å². The number of benzene rings is 1. The van der Waals surface area contributed by atoms with Gasteiger partial charge >= 0.3 is 0 Å². The van der Waals surface area contributed by atoms with Crippen molar-refractivity contribution in [1.29, 1.82) is 0 Å². The van der Waals surface area contributed by atoms with Gasteiger partial charge in [-0.2, -0.15) is 4.98 Å². The minimum atomic E-state index is -0.0833. The normalized spacial score (nSPS) is 16.6. The second kappa shape index (κ2) is 6.37. The van der Waals surface area contributed by atoms with Crippen LogP contribution in [0.25, 0.3) is 20.4 Å². The lowest BCUT2D eigenvalue weighted by Crippen LogP contribution is -2.16. The Morgan fingerprint density at radius 2 is 2.08 bits per heavy atom. The molecule has 0 radical (unpaired) electrons. The maximum Gasteiger partial charge on any atom is 0.282 e. The number of para-hydroxylation sites is 1. The van der Waals surface area contributed by atoms with Crippen LogP contribution in [0.2, 0.25) is 0 Å². The molecule has 1 aliphatic heterocycles. The van der Waals surface area contributed by atoms with Crippen molar-refractivity contribution >= 4 is 66.6 Å². The van der Waals surface area contributed by atoms with E-state index >= 15 is 0 Å². The van der Waals surface area contributed by atoms with Crippen LogP contribution in [0.4, 0.5) is 0 Å². The van der Waals surface area contributed by atoms with Crippen LogP contribution in [-0.4, -0.2) is 26.0 Å². The molecule has 132 valence electrons. The van der Waals surface area contributed by atoms with E-state index in [1.807, 2.05) is 13.0 Å². The molecular formula is C18H15N3OS4. The minimum Gasteiger partial charge on any atom is -0.307 e. The van der Waals surface area contributed by atoms with Gasteiger partial charge in [0.05, 0.1) is 21.6 Å². The molecule has 1 aromatic carbocycles. The molecular weight excluding hydrogens is 402 g/mol. The van der Waals surface area contributed by atoms with Gasteiger partial charge in [0.25, 0.3) is 5.56 Å². The summed E-state index contributed by atoms with van der Waals surface area (Å²) in [7, 11) is 0. The van der Waals surface area contributed by atoms with Gasteiger partial charge < -0.3 is 4.57 Å². The second-order valence-corrected chi connectivity index (χ2v) is 10.7. The van der Waals surface area contributed by atoms with E-state index < -0.39 is 0 Å². The van der Waals surface area contributed by atoms with Crippen LogP contribution in [0.5, 0.6) is 0 Å². The molecule has 0 saturated carbocycles. The van der Waals surface area contributed by atoms with Crippen LogP contribution in [0.15, 0.2) is 38.6 Å². The summed E-state index contributed by atoms with van der Waals surface area (Å²) in [6.07, 6.45) is 0. The maximum atomic E-state index is 12.4. The van der Waals surface area contributed by atoms with Crippen molar-refractivity contribution in [3.63, 3.8) is 0 Å². The zero-order valence-corrected chi connectivity index (χ0v) is 17.4. The monoisotopic (exact) mass is 417 g/mol. The highest BCUT2D eigenvalue weighted by Gasteiger charge is 2.28. The smallest absolute Gasteiger partial charge is 0.282 e. The molecule has 3 aromatic heterocycles. The van der Waals surface area contributed by atoms with Gasteiger partial charge in [0.15, 0.2) is 9.50 Å². The Morgan fingerprint density at radius 3 is 2.92 bits per heavy atom. The van der Waals surface area contributed by atoms with Crippen LogP contribution >= 0.6 is 46.2 Å². The van der Waals surface area contributed by atoms with Gasteiger partial charge in [0.1, 0.15) is 4.83 Å². The van der Waals surface area contributed by atoms with E-state index in [1.54, 1.807) is 46.2 Å². The molecule has 4 heterocycles. The van der Waals surface area contributed by atoms with Gasteiger partial charge in [-0.15, -0.1) is 22.7 Å². The Balaban J connectivity index is 1.49. The molecule has 0 saturated heterocycles. The Morgan fingerprint density at radius 1 is 1.23 bits per heavy atom. The van der Waals surface area contributed by atoms with E-state index in [4.69, 9.17) is 4.98 Å². The van der Waals surface area contributed by atoms with Crippen molar-refractivity contribution < 1.29 is 0 Å². The van der Waals surface area contributed by atoms with Gasteiger partial charge in [-0.1, -0.05) is 35.7 Å². The Kier molecular flexibility index (Phi) is 4.11. The first-order chi connectivity index (χ1) is 12.6. The lowest BCUT2D eigenvalue weighted by atomic mass is 10.2. The first-order valence-corrected chi connectivity index (χ1v) is 11.9. The third-order valence-corrected chi connectivity index (χ3v) is 9.27. The van der Waals surface area contributed by atoms with Gasteiger partial charge in [-0.05, 0) is 31.5 Å². The minimum absolute atomic E-state index is 0.0833. The topological polar surface area (TPSA) is 47.8 Å². The first kappa shape index (κ1) is 16.8. The number of nitrogens with zero attached hydrogens (tertiary/aromatic N) is 3. The lowest BCUT2D eigenvalue weighted by molar-refractivity contribution is 0.595. The highest BCUT2D eigenvalue weighted by atomic mass is 32.2. The summed E-state index contributed by atoms with van der Waals surface area (Å²) in [5, 5.41) is 1.66. The number of fused-ring (bicyclic) bond motifs is 4. The van der Waals surface area contributed by atoms with E-state index in [0.717, 1.165) is 42.3 Å². The van der Waals surface area contributed by atoms with Gasteiger partial charge in [-0.3, -0.25) is 4.79 Å². The third-order valence-electron chi connectivity index (χ3n) is 4.65. The molecule has 0 fully saturated rings. The highest BCUT2D eigenvalue weighted by Crippen LogP contribution is 2.41. The van der Waals surface area contributed by atoms with E-state index in [0.29, 0.717) is 6.04 Å². The Bertz CT molecular complexity index is 1170. The van der Waals surface area contributed by atoms with Crippen molar-refractivity contribution in [2.45, 2.75) is 29.4 Å². The number of thiophene rings is 1.